The monoisotopic (exact) mass is 342 g/mol. The number of rotatable bonds is 20. The second-order valence-electron chi connectivity index (χ2n) is 7.61. The molecule has 0 saturated carbocycles. The van der Waals surface area contributed by atoms with Gasteiger partial charge >= 0.3 is 0 Å². The molecule has 0 aliphatic carbocycles. The molecule has 1 atom stereocenters. The van der Waals surface area contributed by atoms with Gasteiger partial charge in [0, 0.05) is 6.61 Å². The van der Waals surface area contributed by atoms with Gasteiger partial charge in [0.05, 0.1) is 6.10 Å². The summed E-state index contributed by atoms with van der Waals surface area (Å²) in [5.74, 6) is 0. The zero-order valence-corrected chi connectivity index (χ0v) is 16.6. The van der Waals surface area contributed by atoms with Crippen LogP contribution < -0.4 is 0 Å². The van der Waals surface area contributed by atoms with Crippen molar-refractivity contribution in [3.8, 4) is 0 Å². The van der Waals surface area contributed by atoms with Gasteiger partial charge in [-0.3, -0.25) is 0 Å². The van der Waals surface area contributed by atoms with Gasteiger partial charge in [0.25, 0.3) is 0 Å². The van der Waals surface area contributed by atoms with Crippen LogP contribution in [0.3, 0.4) is 0 Å². The molecule has 0 rings (SSSR count). The van der Waals surface area contributed by atoms with Crippen LogP contribution in [0.5, 0.6) is 0 Å². The lowest BCUT2D eigenvalue weighted by Crippen LogP contribution is -2.04. The van der Waals surface area contributed by atoms with E-state index in [1.807, 2.05) is 0 Å². The number of hydrogen-bond donors (Lipinski definition) is 2. The standard InChI is InChI=1S/C22H46O2/c1-2-19-22(24)20-17-15-13-11-9-7-5-3-4-6-8-10-12-14-16-18-21-23/h22-24H,2-21H2,1H3. The van der Waals surface area contributed by atoms with Gasteiger partial charge in [-0.1, -0.05) is 110 Å². The third-order valence-electron chi connectivity index (χ3n) is 5.07. The molecular weight excluding hydrogens is 296 g/mol. The molecule has 0 aromatic rings. The summed E-state index contributed by atoms with van der Waals surface area (Å²) in [6.07, 6.45) is 24.5. The summed E-state index contributed by atoms with van der Waals surface area (Å²) < 4.78 is 0. The van der Waals surface area contributed by atoms with Crippen molar-refractivity contribution in [3.05, 3.63) is 0 Å². The van der Waals surface area contributed by atoms with Crippen LogP contribution in [0, 0.1) is 0 Å². The number of aliphatic hydroxyl groups is 2. The Labute approximate surface area is 152 Å². The highest BCUT2D eigenvalue weighted by Crippen LogP contribution is 2.14. The van der Waals surface area contributed by atoms with Crippen molar-refractivity contribution in [1.29, 1.82) is 0 Å². The Balaban J connectivity index is 3.00. The van der Waals surface area contributed by atoms with Gasteiger partial charge in [0.15, 0.2) is 0 Å². The second kappa shape index (κ2) is 21.0. The lowest BCUT2D eigenvalue weighted by molar-refractivity contribution is 0.150. The van der Waals surface area contributed by atoms with Crippen molar-refractivity contribution in [2.45, 2.75) is 135 Å². The Kier molecular flexibility index (Phi) is 20.9. The summed E-state index contributed by atoms with van der Waals surface area (Å²) in [6.45, 7) is 2.51. The topological polar surface area (TPSA) is 40.5 Å². The molecule has 0 heterocycles. The lowest BCUT2D eigenvalue weighted by Gasteiger charge is -2.08. The minimum absolute atomic E-state index is 0.0458. The van der Waals surface area contributed by atoms with E-state index in [0.29, 0.717) is 6.61 Å². The first-order valence-corrected chi connectivity index (χ1v) is 11.1. The van der Waals surface area contributed by atoms with Crippen LogP contribution in [-0.2, 0) is 0 Å². The third kappa shape index (κ3) is 20.0. The van der Waals surface area contributed by atoms with Crippen LogP contribution in [0.25, 0.3) is 0 Å². The van der Waals surface area contributed by atoms with E-state index in [9.17, 15) is 5.11 Å². The first kappa shape index (κ1) is 23.9. The molecule has 0 aromatic heterocycles. The molecule has 0 fully saturated rings. The molecule has 0 aromatic carbocycles. The van der Waals surface area contributed by atoms with Crippen molar-refractivity contribution in [2.24, 2.45) is 0 Å². The fourth-order valence-electron chi connectivity index (χ4n) is 3.44. The van der Waals surface area contributed by atoms with E-state index >= 15 is 0 Å². The predicted octanol–water partition coefficient (Wildman–Crippen LogP) is 6.77. The summed E-state index contributed by atoms with van der Waals surface area (Å²) in [5.41, 5.74) is 0. The summed E-state index contributed by atoms with van der Waals surface area (Å²) in [5, 5.41) is 18.4. The molecule has 2 nitrogen and oxygen atoms in total. The molecule has 0 bridgehead atoms. The highest BCUT2D eigenvalue weighted by Gasteiger charge is 2.01. The van der Waals surface area contributed by atoms with Gasteiger partial charge < -0.3 is 10.2 Å². The average Bonchev–Trinajstić information content (AvgIpc) is 2.58. The van der Waals surface area contributed by atoms with Crippen molar-refractivity contribution < 1.29 is 10.2 Å². The number of hydrogen-bond acceptors (Lipinski definition) is 2. The lowest BCUT2D eigenvalue weighted by atomic mass is 10.0. The molecule has 0 amide bonds. The van der Waals surface area contributed by atoms with E-state index in [1.54, 1.807) is 0 Å². The van der Waals surface area contributed by atoms with Crippen molar-refractivity contribution >= 4 is 0 Å². The van der Waals surface area contributed by atoms with Crippen molar-refractivity contribution in [2.75, 3.05) is 6.61 Å². The molecule has 0 aliphatic heterocycles. The van der Waals surface area contributed by atoms with Crippen molar-refractivity contribution in [1.82, 2.24) is 0 Å². The Morgan fingerprint density at radius 1 is 0.500 bits per heavy atom. The third-order valence-corrected chi connectivity index (χ3v) is 5.07. The van der Waals surface area contributed by atoms with Gasteiger partial charge in [-0.25, -0.2) is 0 Å². The van der Waals surface area contributed by atoms with E-state index in [2.05, 4.69) is 6.92 Å². The summed E-state index contributed by atoms with van der Waals surface area (Å²) >= 11 is 0. The maximum atomic E-state index is 9.67. The van der Waals surface area contributed by atoms with Gasteiger partial charge in [-0.15, -0.1) is 0 Å². The summed E-state index contributed by atoms with van der Waals surface area (Å²) in [7, 11) is 0. The van der Waals surface area contributed by atoms with Gasteiger partial charge in [0.1, 0.15) is 0 Å². The molecule has 2 N–H and O–H groups in total. The first-order valence-electron chi connectivity index (χ1n) is 11.1. The Morgan fingerprint density at radius 3 is 1.17 bits per heavy atom. The Bertz CT molecular complexity index is 218. The van der Waals surface area contributed by atoms with E-state index in [1.165, 1.54) is 96.3 Å². The Hall–Kier alpha value is -0.0800. The maximum Gasteiger partial charge on any atom is 0.0540 e. The fraction of sp³-hybridized carbons (Fsp3) is 1.00. The van der Waals surface area contributed by atoms with Crippen LogP contribution in [0.1, 0.15) is 129 Å². The van der Waals surface area contributed by atoms with E-state index < -0.39 is 0 Å². The highest BCUT2D eigenvalue weighted by atomic mass is 16.3. The summed E-state index contributed by atoms with van der Waals surface area (Å²) in [6, 6.07) is 0. The first-order chi connectivity index (χ1) is 11.8. The van der Waals surface area contributed by atoms with E-state index in [4.69, 9.17) is 5.11 Å². The van der Waals surface area contributed by atoms with Gasteiger partial charge in [-0.05, 0) is 19.3 Å². The van der Waals surface area contributed by atoms with Crippen LogP contribution >= 0.6 is 0 Å². The summed E-state index contributed by atoms with van der Waals surface area (Å²) in [4.78, 5) is 0. The number of aliphatic hydroxyl groups excluding tert-OH is 2. The highest BCUT2D eigenvalue weighted by molar-refractivity contribution is 4.55. The van der Waals surface area contributed by atoms with Crippen LogP contribution in [-0.4, -0.2) is 22.9 Å². The zero-order chi connectivity index (χ0) is 17.7. The second-order valence-corrected chi connectivity index (χ2v) is 7.61. The van der Waals surface area contributed by atoms with Crippen LogP contribution in [0.4, 0.5) is 0 Å². The molecule has 0 aliphatic rings. The van der Waals surface area contributed by atoms with Gasteiger partial charge in [0.2, 0.25) is 0 Å². The average molecular weight is 343 g/mol. The predicted molar refractivity (Wildman–Crippen MR) is 106 cm³/mol. The fourth-order valence-corrected chi connectivity index (χ4v) is 3.44. The normalized spacial score (nSPS) is 12.6. The van der Waals surface area contributed by atoms with E-state index in [-0.39, 0.29) is 6.10 Å². The zero-order valence-electron chi connectivity index (χ0n) is 16.6. The Morgan fingerprint density at radius 2 is 0.833 bits per heavy atom. The molecule has 1 unspecified atom stereocenters. The van der Waals surface area contributed by atoms with Crippen LogP contribution in [0.2, 0.25) is 0 Å². The largest absolute Gasteiger partial charge is 0.396 e. The molecule has 146 valence electrons. The molecule has 0 radical (unpaired) electrons. The smallest absolute Gasteiger partial charge is 0.0540 e. The molecule has 2 heteroatoms. The van der Waals surface area contributed by atoms with Crippen molar-refractivity contribution in [3.63, 3.8) is 0 Å². The SMILES string of the molecule is CCCC(O)CCCCCCCCCCCCCCCCCCO. The molecule has 24 heavy (non-hydrogen) atoms. The molecular formula is C22H46O2. The van der Waals surface area contributed by atoms with Gasteiger partial charge in [-0.2, -0.15) is 0 Å². The molecule has 0 spiro atoms. The minimum Gasteiger partial charge on any atom is -0.396 e. The minimum atomic E-state index is -0.0458. The van der Waals surface area contributed by atoms with E-state index in [0.717, 1.165) is 25.7 Å². The van der Waals surface area contributed by atoms with Crippen LogP contribution in [0.15, 0.2) is 0 Å². The molecule has 0 saturated heterocycles. The maximum absolute atomic E-state index is 9.67. The quantitative estimate of drug-likeness (QED) is 0.240. The number of unbranched alkanes of at least 4 members (excludes halogenated alkanes) is 15.